The average molecular weight is 220 g/mol. The Balaban J connectivity index is 2.25. The molecule has 0 spiro atoms. The van der Waals surface area contributed by atoms with Gasteiger partial charge < -0.3 is 10.7 Å². The first-order valence-corrected chi connectivity index (χ1v) is 6.31. The Hall–Kier alpha value is -1.33. The van der Waals surface area contributed by atoms with Gasteiger partial charge in [0, 0.05) is 22.7 Å². The molecular weight excluding hydrogens is 208 g/mol. The van der Waals surface area contributed by atoms with Crippen LogP contribution >= 0.6 is 10.5 Å². The van der Waals surface area contributed by atoms with Crippen LogP contribution < -0.4 is 11.1 Å². The highest BCUT2D eigenvalue weighted by atomic mass is 32.2. The lowest BCUT2D eigenvalue weighted by molar-refractivity contribution is 1.03. The van der Waals surface area contributed by atoms with Crippen molar-refractivity contribution < 1.29 is 0 Å². The van der Waals surface area contributed by atoms with Crippen molar-refractivity contribution in [1.82, 2.24) is 15.3 Å². The largest absolute Gasteiger partial charge is 0.369 e. The lowest BCUT2D eigenvalue weighted by Gasteiger charge is -2.03. The van der Waals surface area contributed by atoms with Gasteiger partial charge in [0.15, 0.2) is 5.95 Å². The summed E-state index contributed by atoms with van der Waals surface area (Å²) in [7, 11) is 0.174. The summed E-state index contributed by atoms with van der Waals surface area (Å²) in [6.45, 7) is 1.05. The van der Waals surface area contributed by atoms with Crippen molar-refractivity contribution in [3.8, 4) is 0 Å². The zero-order valence-corrected chi connectivity index (χ0v) is 8.97. The number of rotatable bonds is 1. The van der Waals surface area contributed by atoms with Crippen LogP contribution in [0.15, 0.2) is 23.1 Å². The fraction of sp³-hybridized carbons (Fsp3) is 0.200. The zero-order chi connectivity index (χ0) is 10.3. The first-order chi connectivity index (χ1) is 7.34. The number of imidazole rings is 1. The molecule has 1 unspecified atom stereocenters. The molecule has 0 radical (unpaired) electrons. The molecule has 1 atom stereocenters. The van der Waals surface area contributed by atoms with Crippen LogP contribution in [0.5, 0.6) is 0 Å². The number of benzene rings is 1. The summed E-state index contributed by atoms with van der Waals surface area (Å²) in [6.07, 6.45) is 0. The molecule has 5 heteroatoms. The minimum absolute atomic E-state index is 0.174. The van der Waals surface area contributed by atoms with Crippen LogP contribution in [0.2, 0.25) is 0 Å². The number of anilines is 1. The van der Waals surface area contributed by atoms with Gasteiger partial charge in [-0.15, -0.1) is 10.5 Å². The second kappa shape index (κ2) is 3.36. The number of para-hydroxylation sites is 1. The molecule has 0 saturated heterocycles. The van der Waals surface area contributed by atoms with Crippen LogP contribution in [0, 0.1) is 0 Å². The molecule has 4 nitrogen and oxygen atoms in total. The normalized spacial score (nSPS) is 20.7. The maximum atomic E-state index is 5.67. The maximum absolute atomic E-state index is 5.67. The van der Waals surface area contributed by atoms with Crippen LogP contribution in [0.25, 0.3) is 11.0 Å². The van der Waals surface area contributed by atoms with E-state index in [9.17, 15) is 0 Å². The first-order valence-electron chi connectivity index (χ1n) is 4.85. The van der Waals surface area contributed by atoms with E-state index in [2.05, 4.69) is 32.9 Å². The van der Waals surface area contributed by atoms with E-state index < -0.39 is 0 Å². The summed E-state index contributed by atoms with van der Waals surface area (Å²) in [5, 5.41) is 3.26. The predicted octanol–water partition coefficient (Wildman–Crippen LogP) is 1.14. The molecule has 1 aliphatic rings. The molecule has 0 bridgehead atoms. The molecule has 3 rings (SSSR count). The number of aromatic amines is 1. The quantitative estimate of drug-likeness (QED) is 0.631. The molecule has 0 saturated carbocycles. The molecule has 0 aliphatic carbocycles. The third-order valence-corrected chi connectivity index (χ3v) is 4.46. The van der Waals surface area contributed by atoms with Gasteiger partial charge >= 0.3 is 0 Å². The molecule has 0 fully saturated rings. The van der Waals surface area contributed by atoms with E-state index in [4.69, 9.17) is 5.73 Å². The SMILES string of the molecule is Nc1nc2c(S3=CNCC3)cccc2[nH]1. The van der Waals surface area contributed by atoms with E-state index in [0.29, 0.717) is 5.95 Å². The summed E-state index contributed by atoms with van der Waals surface area (Å²) < 4.78 is 0. The Labute approximate surface area is 89.8 Å². The Morgan fingerprint density at radius 1 is 1.40 bits per heavy atom. The Morgan fingerprint density at radius 2 is 2.33 bits per heavy atom. The van der Waals surface area contributed by atoms with Crippen LogP contribution in [-0.2, 0) is 0 Å². The van der Waals surface area contributed by atoms with Crippen molar-refractivity contribution in [3.63, 3.8) is 0 Å². The molecular formula is C10H12N4S. The fourth-order valence-electron chi connectivity index (χ4n) is 1.80. The van der Waals surface area contributed by atoms with Gasteiger partial charge in [-0.05, 0) is 12.1 Å². The van der Waals surface area contributed by atoms with Gasteiger partial charge in [0.05, 0.1) is 5.52 Å². The number of aromatic nitrogens is 2. The lowest BCUT2D eigenvalue weighted by atomic mass is 10.3. The number of nitrogens with two attached hydrogens (primary N) is 1. The maximum Gasteiger partial charge on any atom is 0.198 e. The highest BCUT2D eigenvalue weighted by molar-refractivity contribution is 8.15. The number of hydrogen-bond donors (Lipinski definition) is 3. The molecule has 15 heavy (non-hydrogen) atoms. The van der Waals surface area contributed by atoms with E-state index in [1.165, 1.54) is 4.90 Å². The summed E-state index contributed by atoms with van der Waals surface area (Å²) >= 11 is 0. The molecule has 0 amide bonds. The molecule has 1 aromatic heterocycles. The highest BCUT2D eigenvalue weighted by Crippen LogP contribution is 2.32. The van der Waals surface area contributed by atoms with Crippen LogP contribution in [0.4, 0.5) is 5.95 Å². The van der Waals surface area contributed by atoms with E-state index in [0.717, 1.165) is 23.3 Å². The van der Waals surface area contributed by atoms with Gasteiger partial charge in [-0.1, -0.05) is 6.07 Å². The third kappa shape index (κ3) is 1.44. The Kier molecular flexibility index (Phi) is 2.00. The number of hydrogen-bond acceptors (Lipinski definition) is 3. The summed E-state index contributed by atoms with van der Waals surface area (Å²) in [6, 6.07) is 6.19. The molecule has 1 aliphatic heterocycles. The number of nitrogens with zero attached hydrogens (tertiary/aromatic N) is 1. The van der Waals surface area contributed by atoms with Crippen molar-refractivity contribution in [3.05, 3.63) is 18.2 Å². The molecule has 1 aromatic carbocycles. The number of nitrogens with one attached hydrogen (secondary N) is 2. The van der Waals surface area contributed by atoms with Crippen LogP contribution in [-0.4, -0.2) is 27.8 Å². The Morgan fingerprint density at radius 3 is 3.13 bits per heavy atom. The smallest absolute Gasteiger partial charge is 0.198 e. The topological polar surface area (TPSA) is 66.7 Å². The third-order valence-electron chi connectivity index (χ3n) is 2.47. The minimum atomic E-state index is 0.174. The van der Waals surface area contributed by atoms with Crippen molar-refractivity contribution >= 4 is 33.0 Å². The van der Waals surface area contributed by atoms with Crippen molar-refractivity contribution in [2.45, 2.75) is 4.90 Å². The van der Waals surface area contributed by atoms with E-state index in [1.54, 1.807) is 0 Å². The second-order valence-electron chi connectivity index (χ2n) is 3.48. The minimum Gasteiger partial charge on any atom is -0.369 e. The van der Waals surface area contributed by atoms with Gasteiger partial charge in [0.2, 0.25) is 0 Å². The molecule has 2 aromatic rings. The predicted molar refractivity (Wildman–Crippen MR) is 65.3 cm³/mol. The Bertz CT molecular complexity index is 543. The van der Waals surface area contributed by atoms with E-state index in [-0.39, 0.29) is 10.5 Å². The number of nitrogen functional groups attached to an aromatic ring is 1. The lowest BCUT2D eigenvalue weighted by Crippen LogP contribution is -2.04. The summed E-state index contributed by atoms with van der Waals surface area (Å²) in [5.74, 6) is 1.65. The molecule has 78 valence electrons. The fourth-order valence-corrected chi connectivity index (χ4v) is 3.58. The second-order valence-corrected chi connectivity index (χ2v) is 5.42. The van der Waals surface area contributed by atoms with Gasteiger partial charge in [-0.25, -0.2) is 4.98 Å². The monoisotopic (exact) mass is 220 g/mol. The number of H-pyrrole nitrogens is 1. The standard InChI is InChI=1S/C10H12N4S/c11-10-13-7-2-1-3-8(9(7)14-10)15-5-4-12-6-15/h1-3,6,12H,4-5H2,(H3,11,13,14). The van der Waals surface area contributed by atoms with Crippen molar-refractivity contribution in [1.29, 1.82) is 0 Å². The van der Waals surface area contributed by atoms with Gasteiger partial charge in [0.1, 0.15) is 5.52 Å². The van der Waals surface area contributed by atoms with E-state index in [1.807, 2.05) is 6.07 Å². The molecule has 4 N–H and O–H groups in total. The van der Waals surface area contributed by atoms with Crippen LogP contribution in [0.3, 0.4) is 0 Å². The molecule has 2 heterocycles. The summed E-state index contributed by atoms with van der Waals surface area (Å²) in [5.41, 5.74) is 9.87. The van der Waals surface area contributed by atoms with Crippen molar-refractivity contribution in [2.24, 2.45) is 0 Å². The van der Waals surface area contributed by atoms with Gasteiger partial charge in [-0.2, -0.15) is 0 Å². The zero-order valence-electron chi connectivity index (χ0n) is 8.16. The van der Waals surface area contributed by atoms with E-state index >= 15 is 0 Å². The van der Waals surface area contributed by atoms with Gasteiger partial charge in [-0.3, -0.25) is 5.32 Å². The highest BCUT2D eigenvalue weighted by Gasteiger charge is 2.11. The summed E-state index contributed by atoms with van der Waals surface area (Å²) in [4.78, 5) is 8.68. The van der Waals surface area contributed by atoms with Crippen molar-refractivity contribution in [2.75, 3.05) is 18.0 Å². The first kappa shape index (κ1) is 8.94. The van der Waals surface area contributed by atoms with Gasteiger partial charge in [0.25, 0.3) is 0 Å². The number of fused-ring (bicyclic) bond motifs is 1. The average Bonchev–Trinajstić information content (AvgIpc) is 2.82. The van der Waals surface area contributed by atoms with Crippen LogP contribution in [0.1, 0.15) is 0 Å².